The summed E-state index contributed by atoms with van der Waals surface area (Å²) in [5.74, 6) is -0.726. The minimum Gasteiger partial charge on any atom is -0.276 e. The van der Waals surface area contributed by atoms with E-state index in [0.717, 1.165) is 18.2 Å². The Kier molecular flexibility index (Phi) is 3.81. The first-order chi connectivity index (χ1) is 9.29. The zero-order valence-electron chi connectivity index (χ0n) is 9.84. The Labute approximate surface area is 116 Å². The van der Waals surface area contributed by atoms with Crippen molar-refractivity contribution in [3.05, 3.63) is 59.4 Å². The lowest BCUT2D eigenvalue weighted by Gasteiger charge is -2.08. The van der Waals surface area contributed by atoms with Crippen molar-refractivity contribution in [1.29, 1.82) is 0 Å². The van der Waals surface area contributed by atoms with Crippen LogP contribution < -0.4 is 0 Å². The molecule has 0 saturated carbocycles. The van der Waals surface area contributed by atoms with Gasteiger partial charge in [0, 0.05) is 11.1 Å². The Morgan fingerprint density at radius 2 is 1.60 bits per heavy atom. The van der Waals surface area contributed by atoms with Crippen molar-refractivity contribution in [3.8, 4) is 11.1 Å². The molecule has 0 N–H and O–H groups in total. The molecule has 0 aromatic heterocycles. The van der Waals surface area contributed by atoms with E-state index in [1.165, 1.54) is 24.3 Å². The van der Waals surface area contributed by atoms with Crippen molar-refractivity contribution in [2.45, 2.75) is 6.18 Å². The molecule has 0 amide bonds. The number of hydrogen-bond donors (Lipinski definition) is 0. The fourth-order valence-corrected chi connectivity index (χ4v) is 1.83. The average molecular weight is 303 g/mol. The largest absolute Gasteiger partial charge is 0.416 e. The Morgan fingerprint density at radius 3 is 2.05 bits per heavy atom. The Morgan fingerprint density at radius 1 is 1.00 bits per heavy atom. The quantitative estimate of drug-likeness (QED) is 0.570. The van der Waals surface area contributed by atoms with Crippen LogP contribution >= 0.6 is 11.6 Å². The second-order valence-corrected chi connectivity index (χ2v) is 4.39. The fraction of sp³-hybridized carbons (Fsp3) is 0.0714. The third kappa shape index (κ3) is 2.99. The number of halogens is 5. The molecule has 0 atom stereocenters. The molecule has 104 valence electrons. The van der Waals surface area contributed by atoms with E-state index in [-0.39, 0.29) is 16.7 Å². The first-order valence-corrected chi connectivity index (χ1v) is 5.84. The first-order valence-electron chi connectivity index (χ1n) is 5.46. The van der Waals surface area contributed by atoms with Crippen LogP contribution in [-0.2, 0) is 6.18 Å². The van der Waals surface area contributed by atoms with Gasteiger partial charge in [0.25, 0.3) is 5.24 Å². The van der Waals surface area contributed by atoms with Gasteiger partial charge in [-0.1, -0.05) is 18.2 Å². The third-order valence-electron chi connectivity index (χ3n) is 2.72. The molecule has 6 heteroatoms. The highest BCUT2D eigenvalue weighted by atomic mass is 35.5. The summed E-state index contributed by atoms with van der Waals surface area (Å²) in [5.41, 5.74) is -0.446. The minimum absolute atomic E-state index is 0.0140. The molecule has 2 aromatic rings. The van der Waals surface area contributed by atoms with Crippen LogP contribution in [0.15, 0.2) is 42.5 Å². The maximum atomic E-state index is 13.8. The summed E-state index contributed by atoms with van der Waals surface area (Å²) in [7, 11) is 0. The van der Waals surface area contributed by atoms with Gasteiger partial charge in [-0.3, -0.25) is 4.79 Å². The van der Waals surface area contributed by atoms with Crippen LogP contribution in [0.1, 0.15) is 15.9 Å². The molecule has 0 unspecified atom stereocenters. The van der Waals surface area contributed by atoms with Crippen LogP contribution in [0.2, 0.25) is 0 Å². The lowest BCUT2D eigenvalue weighted by Crippen LogP contribution is -2.04. The molecule has 20 heavy (non-hydrogen) atoms. The highest BCUT2D eigenvalue weighted by molar-refractivity contribution is 6.67. The molecular formula is C14H7ClF4O. The van der Waals surface area contributed by atoms with E-state index in [0.29, 0.717) is 0 Å². The molecule has 0 spiro atoms. The van der Waals surface area contributed by atoms with Crippen molar-refractivity contribution in [1.82, 2.24) is 0 Å². The van der Waals surface area contributed by atoms with Gasteiger partial charge in [0.1, 0.15) is 5.82 Å². The van der Waals surface area contributed by atoms with Crippen LogP contribution in [0.25, 0.3) is 11.1 Å². The topological polar surface area (TPSA) is 17.1 Å². The van der Waals surface area contributed by atoms with Crippen molar-refractivity contribution >= 4 is 16.8 Å². The molecule has 0 saturated heterocycles. The van der Waals surface area contributed by atoms with Gasteiger partial charge < -0.3 is 0 Å². The highest BCUT2D eigenvalue weighted by Gasteiger charge is 2.30. The maximum Gasteiger partial charge on any atom is 0.416 e. The van der Waals surface area contributed by atoms with E-state index < -0.39 is 22.8 Å². The number of alkyl halides is 3. The second-order valence-electron chi connectivity index (χ2n) is 4.04. The average Bonchev–Trinajstić information content (AvgIpc) is 2.37. The van der Waals surface area contributed by atoms with Gasteiger partial charge >= 0.3 is 6.18 Å². The van der Waals surface area contributed by atoms with E-state index in [1.807, 2.05) is 0 Å². The number of hydrogen-bond acceptors (Lipinski definition) is 1. The second kappa shape index (κ2) is 5.25. The molecule has 0 fully saturated rings. The normalized spacial score (nSPS) is 11.4. The molecule has 1 nitrogen and oxygen atoms in total. The van der Waals surface area contributed by atoms with Gasteiger partial charge in [-0.15, -0.1) is 0 Å². The lowest BCUT2D eigenvalue weighted by molar-refractivity contribution is -0.137. The molecule has 0 heterocycles. The van der Waals surface area contributed by atoms with E-state index in [9.17, 15) is 22.4 Å². The maximum absolute atomic E-state index is 13.8. The molecule has 0 aliphatic heterocycles. The summed E-state index contributed by atoms with van der Waals surface area (Å²) in [4.78, 5) is 10.9. The summed E-state index contributed by atoms with van der Waals surface area (Å²) < 4.78 is 51.0. The van der Waals surface area contributed by atoms with E-state index in [2.05, 4.69) is 0 Å². The Hall–Kier alpha value is -1.88. The number of carbonyl (C=O) groups is 1. The predicted octanol–water partition coefficient (Wildman–Crippen LogP) is 4.89. The fourth-order valence-electron chi connectivity index (χ4n) is 1.71. The molecule has 0 radical (unpaired) electrons. The highest BCUT2D eigenvalue weighted by Crippen LogP contribution is 2.31. The number of rotatable bonds is 2. The molecule has 0 aliphatic carbocycles. The summed E-state index contributed by atoms with van der Waals surface area (Å²) in [6.45, 7) is 0. The lowest BCUT2D eigenvalue weighted by atomic mass is 10.0. The van der Waals surface area contributed by atoms with Gasteiger partial charge in [-0.2, -0.15) is 13.2 Å². The van der Waals surface area contributed by atoms with Gasteiger partial charge in [-0.05, 0) is 41.4 Å². The molecule has 2 rings (SSSR count). The molecule has 0 bridgehead atoms. The van der Waals surface area contributed by atoms with Gasteiger partial charge in [0.2, 0.25) is 0 Å². The van der Waals surface area contributed by atoms with Crippen molar-refractivity contribution < 1.29 is 22.4 Å². The smallest absolute Gasteiger partial charge is 0.276 e. The van der Waals surface area contributed by atoms with Gasteiger partial charge in [0.15, 0.2) is 0 Å². The first kappa shape index (κ1) is 14.5. The minimum atomic E-state index is -4.44. The molecular weight excluding hydrogens is 296 g/mol. The van der Waals surface area contributed by atoms with Crippen LogP contribution in [-0.4, -0.2) is 5.24 Å². The molecule has 0 aliphatic rings. The SMILES string of the molecule is O=C(Cl)c1ccc(-c2ccc(C(F)(F)F)cc2)c(F)c1. The monoisotopic (exact) mass is 302 g/mol. The van der Waals surface area contributed by atoms with E-state index in [4.69, 9.17) is 11.6 Å². The Balaban J connectivity index is 2.40. The van der Waals surface area contributed by atoms with Crippen LogP contribution in [0.4, 0.5) is 17.6 Å². The zero-order valence-corrected chi connectivity index (χ0v) is 10.6. The summed E-state index contributed by atoms with van der Waals surface area (Å²) in [5, 5.41) is -0.803. The Bertz CT molecular complexity index is 647. The van der Waals surface area contributed by atoms with Crippen LogP contribution in [0, 0.1) is 5.82 Å². The van der Waals surface area contributed by atoms with Crippen LogP contribution in [0.5, 0.6) is 0 Å². The third-order valence-corrected chi connectivity index (χ3v) is 2.94. The van der Waals surface area contributed by atoms with Crippen LogP contribution in [0.3, 0.4) is 0 Å². The molecule has 2 aromatic carbocycles. The van der Waals surface area contributed by atoms with E-state index in [1.54, 1.807) is 0 Å². The van der Waals surface area contributed by atoms with Gasteiger partial charge in [-0.25, -0.2) is 4.39 Å². The van der Waals surface area contributed by atoms with E-state index >= 15 is 0 Å². The number of carbonyl (C=O) groups excluding carboxylic acids is 1. The number of benzene rings is 2. The van der Waals surface area contributed by atoms with Crippen molar-refractivity contribution in [3.63, 3.8) is 0 Å². The van der Waals surface area contributed by atoms with Gasteiger partial charge in [0.05, 0.1) is 5.56 Å². The van der Waals surface area contributed by atoms with Crippen molar-refractivity contribution in [2.24, 2.45) is 0 Å². The summed E-state index contributed by atoms with van der Waals surface area (Å²) in [6.07, 6.45) is -4.44. The van der Waals surface area contributed by atoms with Crippen molar-refractivity contribution in [2.75, 3.05) is 0 Å². The zero-order chi connectivity index (χ0) is 14.9. The standard InChI is InChI=1S/C14H7ClF4O/c15-13(20)9-3-6-11(12(16)7-9)8-1-4-10(5-2-8)14(17,18)19/h1-7H. The summed E-state index contributed by atoms with van der Waals surface area (Å²) in [6, 6.07) is 7.64. The predicted molar refractivity (Wildman–Crippen MR) is 67.0 cm³/mol. The summed E-state index contributed by atoms with van der Waals surface area (Å²) >= 11 is 5.21.